The normalized spacial score (nSPS) is 14.3. The highest BCUT2D eigenvalue weighted by Crippen LogP contribution is 2.34. The van der Waals surface area contributed by atoms with Crippen LogP contribution in [0.3, 0.4) is 0 Å². The van der Waals surface area contributed by atoms with Crippen molar-refractivity contribution in [3.63, 3.8) is 0 Å². The van der Waals surface area contributed by atoms with Gasteiger partial charge in [0.15, 0.2) is 6.61 Å². The van der Waals surface area contributed by atoms with Gasteiger partial charge in [0, 0.05) is 11.6 Å². The molecule has 0 aliphatic carbocycles. The minimum atomic E-state index is -0.604. The summed E-state index contributed by atoms with van der Waals surface area (Å²) in [7, 11) is 0. The van der Waals surface area contributed by atoms with Crippen molar-refractivity contribution in [2.45, 2.75) is 107 Å². The van der Waals surface area contributed by atoms with Gasteiger partial charge >= 0.3 is 5.97 Å². The van der Waals surface area contributed by atoms with Crippen molar-refractivity contribution in [2.75, 3.05) is 6.61 Å². The Labute approximate surface area is 162 Å². The van der Waals surface area contributed by atoms with Crippen molar-refractivity contribution in [3.8, 4) is 0 Å². The lowest BCUT2D eigenvalue weighted by Crippen LogP contribution is -2.54. The van der Waals surface area contributed by atoms with Crippen LogP contribution in [0.15, 0.2) is 0 Å². The molecule has 0 aromatic rings. The summed E-state index contributed by atoms with van der Waals surface area (Å²) in [6, 6.07) is 0.109. The standard InChI is InChI=1S/C22H43NO3/c1-12-17(4)23(22(10,11)13-16(2)3)18(24)14-26-19(25)21(8,9)15-20(5,6)7/h16-17H,12-15H2,1-11H3. The molecule has 0 radical (unpaired) electrons. The first-order valence-corrected chi connectivity index (χ1v) is 10.0. The molecule has 0 rings (SSSR count). The molecule has 4 heteroatoms. The smallest absolute Gasteiger partial charge is 0.312 e. The summed E-state index contributed by atoms with van der Waals surface area (Å²) in [5.74, 6) is 0.0778. The van der Waals surface area contributed by atoms with Gasteiger partial charge in [-0.2, -0.15) is 0 Å². The van der Waals surface area contributed by atoms with Gasteiger partial charge in [-0.1, -0.05) is 41.5 Å². The molecule has 0 spiro atoms. The second-order valence-corrected chi connectivity index (χ2v) is 10.6. The first-order valence-electron chi connectivity index (χ1n) is 10.0. The minimum Gasteiger partial charge on any atom is -0.455 e. The molecule has 0 bridgehead atoms. The van der Waals surface area contributed by atoms with Crippen LogP contribution in [-0.2, 0) is 14.3 Å². The van der Waals surface area contributed by atoms with Crippen LogP contribution >= 0.6 is 0 Å². The lowest BCUT2D eigenvalue weighted by molar-refractivity contribution is -0.164. The molecule has 0 saturated heterocycles. The van der Waals surface area contributed by atoms with Gasteiger partial charge in [0.2, 0.25) is 0 Å². The van der Waals surface area contributed by atoms with Crippen LogP contribution in [-0.4, -0.2) is 35.0 Å². The van der Waals surface area contributed by atoms with E-state index in [-0.39, 0.29) is 35.5 Å². The van der Waals surface area contributed by atoms with Crippen molar-refractivity contribution in [1.29, 1.82) is 0 Å². The molecule has 0 aliphatic rings. The molecule has 1 atom stereocenters. The van der Waals surface area contributed by atoms with E-state index < -0.39 is 5.41 Å². The van der Waals surface area contributed by atoms with Crippen molar-refractivity contribution < 1.29 is 14.3 Å². The van der Waals surface area contributed by atoms with E-state index in [0.29, 0.717) is 12.3 Å². The Hall–Kier alpha value is -1.06. The summed E-state index contributed by atoms with van der Waals surface area (Å²) in [6.07, 6.45) is 2.49. The average Bonchev–Trinajstić information content (AvgIpc) is 2.39. The van der Waals surface area contributed by atoms with E-state index in [0.717, 1.165) is 12.8 Å². The number of carbonyl (C=O) groups is 2. The molecular weight excluding hydrogens is 326 g/mol. The zero-order chi connectivity index (χ0) is 20.9. The van der Waals surface area contributed by atoms with E-state index in [4.69, 9.17) is 4.74 Å². The van der Waals surface area contributed by atoms with Crippen LogP contribution in [0.1, 0.15) is 95.4 Å². The van der Waals surface area contributed by atoms with E-state index in [1.807, 2.05) is 18.7 Å². The minimum absolute atomic E-state index is 0.0224. The fraction of sp³-hybridized carbons (Fsp3) is 0.909. The number of amides is 1. The number of hydrogen-bond acceptors (Lipinski definition) is 3. The van der Waals surface area contributed by atoms with E-state index in [1.54, 1.807) is 0 Å². The first kappa shape index (κ1) is 24.9. The highest BCUT2D eigenvalue weighted by Gasteiger charge is 2.37. The molecule has 0 heterocycles. The summed E-state index contributed by atoms with van der Waals surface area (Å²) in [5.41, 5.74) is -0.851. The molecule has 0 aromatic heterocycles. The van der Waals surface area contributed by atoms with Gasteiger partial charge in [-0.25, -0.2) is 0 Å². The predicted octanol–water partition coefficient (Wildman–Crippen LogP) is 5.44. The zero-order valence-corrected chi connectivity index (χ0v) is 19.2. The maximum atomic E-state index is 12.9. The maximum Gasteiger partial charge on any atom is 0.312 e. The first-order chi connectivity index (χ1) is 11.5. The molecule has 154 valence electrons. The van der Waals surface area contributed by atoms with Gasteiger partial charge in [0.25, 0.3) is 5.91 Å². The van der Waals surface area contributed by atoms with Crippen LogP contribution in [0.25, 0.3) is 0 Å². The number of ether oxygens (including phenoxy) is 1. The summed E-state index contributed by atoms with van der Waals surface area (Å²) in [6.45, 7) is 22.6. The fourth-order valence-electron chi connectivity index (χ4n) is 4.25. The molecule has 1 unspecified atom stereocenters. The number of carbonyl (C=O) groups excluding carboxylic acids is 2. The van der Waals surface area contributed by atoms with Crippen molar-refractivity contribution >= 4 is 11.9 Å². The van der Waals surface area contributed by atoms with Gasteiger partial charge < -0.3 is 9.64 Å². The SMILES string of the molecule is CCC(C)N(C(=O)COC(=O)C(C)(C)CC(C)(C)C)C(C)(C)CC(C)C. The van der Waals surface area contributed by atoms with Crippen LogP contribution in [0.4, 0.5) is 0 Å². The molecular formula is C22H43NO3. The third-order valence-electron chi connectivity index (χ3n) is 4.71. The molecule has 26 heavy (non-hydrogen) atoms. The molecule has 0 saturated carbocycles. The van der Waals surface area contributed by atoms with Gasteiger partial charge in [-0.3, -0.25) is 9.59 Å². The van der Waals surface area contributed by atoms with Crippen LogP contribution in [0.5, 0.6) is 0 Å². The van der Waals surface area contributed by atoms with E-state index in [9.17, 15) is 9.59 Å². The average molecular weight is 370 g/mol. The third-order valence-corrected chi connectivity index (χ3v) is 4.71. The van der Waals surface area contributed by atoms with E-state index in [1.165, 1.54) is 0 Å². The quantitative estimate of drug-likeness (QED) is 0.508. The number of hydrogen-bond donors (Lipinski definition) is 0. The molecule has 0 N–H and O–H groups in total. The molecule has 0 aliphatic heterocycles. The Morgan fingerprint density at radius 1 is 0.962 bits per heavy atom. The van der Waals surface area contributed by atoms with Gasteiger partial charge in [-0.05, 0) is 65.2 Å². The number of rotatable bonds is 9. The summed E-state index contributed by atoms with van der Waals surface area (Å²) >= 11 is 0. The lowest BCUT2D eigenvalue weighted by Gasteiger charge is -2.43. The summed E-state index contributed by atoms with van der Waals surface area (Å²) in [4.78, 5) is 27.4. The van der Waals surface area contributed by atoms with E-state index in [2.05, 4.69) is 62.3 Å². The monoisotopic (exact) mass is 369 g/mol. The number of esters is 1. The van der Waals surface area contributed by atoms with Crippen LogP contribution < -0.4 is 0 Å². The largest absolute Gasteiger partial charge is 0.455 e. The van der Waals surface area contributed by atoms with Crippen molar-refractivity contribution in [3.05, 3.63) is 0 Å². The predicted molar refractivity (Wildman–Crippen MR) is 109 cm³/mol. The highest BCUT2D eigenvalue weighted by atomic mass is 16.5. The van der Waals surface area contributed by atoms with Gasteiger partial charge in [0.05, 0.1) is 5.41 Å². The van der Waals surface area contributed by atoms with Gasteiger partial charge in [-0.15, -0.1) is 0 Å². The van der Waals surface area contributed by atoms with E-state index >= 15 is 0 Å². The molecule has 1 amide bonds. The molecule has 0 aromatic carbocycles. The van der Waals surface area contributed by atoms with Gasteiger partial charge in [0.1, 0.15) is 0 Å². The Morgan fingerprint density at radius 2 is 1.46 bits per heavy atom. The third kappa shape index (κ3) is 8.09. The summed E-state index contributed by atoms with van der Waals surface area (Å²) in [5, 5.41) is 0. The molecule has 4 nitrogen and oxygen atoms in total. The second-order valence-electron chi connectivity index (χ2n) is 10.6. The Kier molecular flexibility index (Phi) is 8.86. The Balaban J connectivity index is 5.15. The Morgan fingerprint density at radius 3 is 1.85 bits per heavy atom. The van der Waals surface area contributed by atoms with Crippen molar-refractivity contribution in [2.24, 2.45) is 16.7 Å². The highest BCUT2D eigenvalue weighted by molar-refractivity contribution is 5.83. The zero-order valence-electron chi connectivity index (χ0n) is 19.2. The fourth-order valence-corrected chi connectivity index (χ4v) is 4.25. The van der Waals surface area contributed by atoms with Crippen LogP contribution in [0, 0.1) is 16.7 Å². The lowest BCUT2D eigenvalue weighted by atomic mass is 9.76. The topological polar surface area (TPSA) is 46.6 Å². The Bertz CT molecular complexity index is 472. The second kappa shape index (κ2) is 9.23. The number of nitrogens with zero attached hydrogens (tertiary/aromatic N) is 1. The summed E-state index contributed by atoms with van der Waals surface area (Å²) < 4.78 is 5.46. The van der Waals surface area contributed by atoms with Crippen LogP contribution in [0.2, 0.25) is 0 Å². The van der Waals surface area contributed by atoms with Crippen molar-refractivity contribution in [1.82, 2.24) is 4.90 Å². The maximum absolute atomic E-state index is 12.9. The molecule has 0 fully saturated rings.